The highest BCUT2D eigenvalue weighted by Crippen LogP contribution is 2.20. The third kappa shape index (κ3) is 4.00. The number of hydrogen-bond acceptors (Lipinski definition) is 5. The van der Waals surface area contributed by atoms with Gasteiger partial charge in [0, 0.05) is 25.8 Å². The largest absolute Gasteiger partial charge is 0.462 e. The fraction of sp³-hybridized carbons (Fsp3) is 0.588. The van der Waals surface area contributed by atoms with Gasteiger partial charge in [-0.2, -0.15) is 0 Å². The Balaban J connectivity index is 2.08. The number of nitrogens with zero attached hydrogens (tertiary/aromatic N) is 3. The van der Waals surface area contributed by atoms with Crippen LogP contribution in [-0.2, 0) is 9.53 Å². The summed E-state index contributed by atoms with van der Waals surface area (Å²) in [6.45, 7) is 10.4. The average Bonchev–Trinajstić information content (AvgIpc) is 2.52. The first-order chi connectivity index (χ1) is 10.9. The molecule has 0 aliphatic carbocycles. The minimum atomic E-state index is -0.377. The molecule has 1 aliphatic rings. The lowest BCUT2D eigenvalue weighted by Gasteiger charge is -2.40. The van der Waals surface area contributed by atoms with Gasteiger partial charge >= 0.3 is 5.97 Å². The molecule has 2 heterocycles. The number of pyridine rings is 1. The summed E-state index contributed by atoms with van der Waals surface area (Å²) in [5.74, 6) is 0.918. The third-order valence-electron chi connectivity index (χ3n) is 3.89. The zero-order valence-corrected chi connectivity index (χ0v) is 14.3. The topological polar surface area (TPSA) is 62.7 Å². The monoisotopic (exact) mass is 319 g/mol. The van der Waals surface area contributed by atoms with E-state index in [9.17, 15) is 9.59 Å². The van der Waals surface area contributed by atoms with Crippen LogP contribution in [0.15, 0.2) is 18.3 Å². The molecule has 1 aromatic heterocycles. The number of ether oxygens (including phenoxy) is 1. The maximum Gasteiger partial charge on any atom is 0.339 e. The second kappa shape index (κ2) is 7.44. The zero-order chi connectivity index (χ0) is 17.0. The van der Waals surface area contributed by atoms with Crippen LogP contribution < -0.4 is 4.90 Å². The summed E-state index contributed by atoms with van der Waals surface area (Å²) < 4.78 is 4.95. The second-order valence-electron chi connectivity index (χ2n) is 6.17. The van der Waals surface area contributed by atoms with E-state index in [1.54, 1.807) is 19.1 Å². The van der Waals surface area contributed by atoms with E-state index in [1.165, 1.54) is 6.20 Å². The van der Waals surface area contributed by atoms with E-state index in [4.69, 9.17) is 4.74 Å². The molecule has 0 unspecified atom stereocenters. The highest BCUT2D eigenvalue weighted by Gasteiger charge is 2.32. The second-order valence-corrected chi connectivity index (χ2v) is 6.17. The molecule has 1 saturated heterocycles. The first-order valence-corrected chi connectivity index (χ1v) is 8.12. The highest BCUT2D eigenvalue weighted by molar-refractivity contribution is 5.89. The van der Waals surface area contributed by atoms with Crippen LogP contribution in [0, 0.1) is 5.92 Å². The van der Waals surface area contributed by atoms with Gasteiger partial charge in [-0.3, -0.25) is 4.79 Å². The molecule has 6 nitrogen and oxygen atoms in total. The lowest BCUT2D eigenvalue weighted by atomic mass is 10.1. The van der Waals surface area contributed by atoms with Gasteiger partial charge in [-0.15, -0.1) is 0 Å². The molecule has 1 aromatic rings. The van der Waals surface area contributed by atoms with Crippen LogP contribution in [0.1, 0.15) is 38.1 Å². The normalized spacial score (nSPS) is 18.5. The predicted molar refractivity (Wildman–Crippen MR) is 88.4 cm³/mol. The van der Waals surface area contributed by atoms with Crippen molar-refractivity contribution in [2.75, 3.05) is 31.1 Å². The standard InChI is InChI=1S/C17H25N3O3/c1-5-23-17(22)14-6-7-15(18-10-14)20-9-8-19(11-12(2)3)16(21)13(20)4/h6-7,10,12-13H,5,8-9,11H2,1-4H3/t13-/m0/s1. The summed E-state index contributed by atoms with van der Waals surface area (Å²) in [5, 5.41) is 0. The molecule has 0 radical (unpaired) electrons. The van der Waals surface area contributed by atoms with Crippen molar-refractivity contribution >= 4 is 17.7 Å². The smallest absolute Gasteiger partial charge is 0.339 e. The fourth-order valence-corrected chi connectivity index (χ4v) is 2.76. The molecular weight excluding hydrogens is 294 g/mol. The number of hydrogen-bond donors (Lipinski definition) is 0. The summed E-state index contributed by atoms with van der Waals surface area (Å²) in [7, 11) is 0. The average molecular weight is 319 g/mol. The van der Waals surface area contributed by atoms with Crippen molar-refractivity contribution in [1.29, 1.82) is 0 Å². The molecule has 1 fully saturated rings. The highest BCUT2D eigenvalue weighted by atomic mass is 16.5. The Kier molecular flexibility index (Phi) is 5.58. The van der Waals surface area contributed by atoms with Crippen molar-refractivity contribution in [1.82, 2.24) is 9.88 Å². The number of carbonyl (C=O) groups is 2. The van der Waals surface area contributed by atoms with Crippen LogP contribution in [0.5, 0.6) is 0 Å². The number of aromatic nitrogens is 1. The lowest BCUT2D eigenvalue weighted by molar-refractivity contribution is -0.134. The van der Waals surface area contributed by atoms with E-state index < -0.39 is 0 Å². The number of rotatable bonds is 5. The Morgan fingerprint density at radius 1 is 1.39 bits per heavy atom. The Morgan fingerprint density at radius 2 is 2.13 bits per heavy atom. The minimum Gasteiger partial charge on any atom is -0.462 e. The van der Waals surface area contributed by atoms with Gasteiger partial charge in [0.2, 0.25) is 5.91 Å². The lowest BCUT2D eigenvalue weighted by Crippen LogP contribution is -2.56. The summed E-state index contributed by atoms with van der Waals surface area (Å²) in [4.78, 5) is 32.4. The van der Waals surface area contributed by atoms with Gasteiger partial charge in [0.25, 0.3) is 0 Å². The van der Waals surface area contributed by atoms with Crippen LogP contribution >= 0.6 is 0 Å². The minimum absolute atomic E-state index is 0.126. The molecule has 23 heavy (non-hydrogen) atoms. The number of anilines is 1. The third-order valence-corrected chi connectivity index (χ3v) is 3.89. The number of carbonyl (C=O) groups excluding carboxylic acids is 2. The number of amides is 1. The van der Waals surface area contributed by atoms with Crippen molar-refractivity contribution in [3.05, 3.63) is 23.9 Å². The van der Waals surface area contributed by atoms with Gasteiger partial charge in [0.05, 0.1) is 12.2 Å². The summed E-state index contributed by atoms with van der Waals surface area (Å²) in [5.41, 5.74) is 0.424. The summed E-state index contributed by atoms with van der Waals surface area (Å²) >= 11 is 0. The zero-order valence-electron chi connectivity index (χ0n) is 14.3. The molecule has 1 atom stereocenters. The van der Waals surface area contributed by atoms with Gasteiger partial charge in [0.1, 0.15) is 11.9 Å². The summed E-state index contributed by atoms with van der Waals surface area (Å²) in [6.07, 6.45) is 1.50. The molecule has 0 bridgehead atoms. The molecular formula is C17H25N3O3. The first kappa shape index (κ1) is 17.2. The van der Waals surface area contributed by atoms with Gasteiger partial charge in [-0.05, 0) is 31.9 Å². The molecule has 1 amide bonds. The van der Waals surface area contributed by atoms with E-state index in [0.29, 0.717) is 30.5 Å². The number of esters is 1. The fourth-order valence-electron chi connectivity index (χ4n) is 2.76. The molecule has 0 N–H and O–H groups in total. The van der Waals surface area contributed by atoms with E-state index in [0.717, 1.165) is 13.1 Å². The first-order valence-electron chi connectivity index (χ1n) is 8.12. The molecule has 2 rings (SSSR count). The quantitative estimate of drug-likeness (QED) is 0.776. The maximum absolute atomic E-state index is 12.5. The van der Waals surface area contributed by atoms with Crippen LogP contribution in [0.25, 0.3) is 0 Å². The van der Waals surface area contributed by atoms with Gasteiger partial charge in [-0.1, -0.05) is 13.8 Å². The van der Waals surface area contributed by atoms with Gasteiger partial charge < -0.3 is 14.5 Å². The van der Waals surface area contributed by atoms with Crippen molar-refractivity contribution in [2.24, 2.45) is 5.92 Å². The van der Waals surface area contributed by atoms with Crippen LogP contribution in [-0.4, -0.2) is 54.0 Å². The van der Waals surface area contributed by atoms with Crippen molar-refractivity contribution < 1.29 is 14.3 Å². The van der Waals surface area contributed by atoms with Crippen molar-refractivity contribution in [3.63, 3.8) is 0 Å². The van der Waals surface area contributed by atoms with Crippen LogP contribution in [0.3, 0.4) is 0 Å². The van der Waals surface area contributed by atoms with E-state index in [2.05, 4.69) is 18.8 Å². The molecule has 6 heteroatoms. The molecule has 1 aliphatic heterocycles. The predicted octanol–water partition coefficient (Wildman–Crippen LogP) is 1.95. The molecule has 126 valence electrons. The van der Waals surface area contributed by atoms with E-state index in [1.807, 2.05) is 16.7 Å². The van der Waals surface area contributed by atoms with E-state index in [-0.39, 0.29) is 17.9 Å². The van der Waals surface area contributed by atoms with Crippen LogP contribution in [0.2, 0.25) is 0 Å². The van der Waals surface area contributed by atoms with Crippen molar-refractivity contribution in [2.45, 2.75) is 33.7 Å². The summed E-state index contributed by atoms with van der Waals surface area (Å²) in [6, 6.07) is 3.22. The van der Waals surface area contributed by atoms with Gasteiger partial charge in [-0.25, -0.2) is 9.78 Å². The number of piperazine rings is 1. The SMILES string of the molecule is CCOC(=O)c1ccc(N2CCN(CC(C)C)C(=O)[C@@H]2C)nc1. The molecule has 0 saturated carbocycles. The Bertz CT molecular complexity index is 557. The maximum atomic E-state index is 12.5. The van der Waals surface area contributed by atoms with Crippen LogP contribution in [0.4, 0.5) is 5.82 Å². The van der Waals surface area contributed by atoms with Gasteiger partial charge in [0.15, 0.2) is 0 Å². The Hall–Kier alpha value is -2.11. The van der Waals surface area contributed by atoms with E-state index >= 15 is 0 Å². The van der Waals surface area contributed by atoms with Crippen molar-refractivity contribution in [3.8, 4) is 0 Å². The Morgan fingerprint density at radius 3 is 2.70 bits per heavy atom. The molecule has 0 aromatic carbocycles. The Labute approximate surface area is 137 Å². The molecule has 0 spiro atoms.